The standard InChI is InChI=1S/C21H23N4O3/c22-20(26)19-17-5-6-23-21(17)24-14-18(19)15-3-1-4-16(13-15)28-10-2-7-25-8-11-27-12-9-25/h1,3-4,6,13-14H,2,7-12H2,(H2,22,26)(H,23,24). The summed E-state index contributed by atoms with van der Waals surface area (Å²) >= 11 is 0. The molecule has 0 saturated carbocycles. The molecule has 0 unspecified atom stereocenters. The highest BCUT2D eigenvalue weighted by Crippen LogP contribution is 2.30. The smallest absolute Gasteiger partial charge is 0.250 e. The number of aromatic amines is 1. The van der Waals surface area contributed by atoms with Crippen LogP contribution < -0.4 is 10.5 Å². The molecule has 4 rings (SSSR count). The summed E-state index contributed by atoms with van der Waals surface area (Å²) in [6.45, 7) is 5.21. The molecular formula is C21H23N4O3. The van der Waals surface area contributed by atoms with Gasteiger partial charge in [-0.3, -0.25) is 9.69 Å². The number of nitrogens with two attached hydrogens (primary N) is 1. The van der Waals surface area contributed by atoms with Gasteiger partial charge in [-0.2, -0.15) is 0 Å². The summed E-state index contributed by atoms with van der Waals surface area (Å²) < 4.78 is 11.3. The Hall–Kier alpha value is -2.90. The minimum atomic E-state index is -0.505. The Labute approximate surface area is 163 Å². The van der Waals surface area contributed by atoms with Crippen molar-refractivity contribution < 1.29 is 14.3 Å². The van der Waals surface area contributed by atoms with Crippen LogP contribution in [-0.4, -0.2) is 60.2 Å². The number of primary amides is 1. The summed E-state index contributed by atoms with van der Waals surface area (Å²) in [7, 11) is 0. The predicted octanol–water partition coefficient (Wildman–Crippen LogP) is 2.23. The molecule has 7 nitrogen and oxygen atoms in total. The van der Waals surface area contributed by atoms with Crippen LogP contribution in [0.4, 0.5) is 0 Å². The highest BCUT2D eigenvalue weighted by Gasteiger charge is 2.16. The van der Waals surface area contributed by atoms with Gasteiger partial charge in [-0.15, -0.1) is 0 Å². The molecule has 0 aliphatic carbocycles. The fourth-order valence-corrected chi connectivity index (χ4v) is 3.47. The molecule has 1 fully saturated rings. The number of rotatable bonds is 7. The third-order valence-electron chi connectivity index (χ3n) is 4.89. The van der Waals surface area contributed by atoms with Crippen LogP contribution in [0.25, 0.3) is 22.2 Å². The van der Waals surface area contributed by atoms with E-state index in [0.717, 1.165) is 50.6 Å². The second-order valence-electron chi connectivity index (χ2n) is 6.75. The van der Waals surface area contributed by atoms with Gasteiger partial charge in [-0.1, -0.05) is 12.1 Å². The summed E-state index contributed by atoms with van der Waals surface area (Å²) in [5, 5.41) is 0.599. The van der Waals surface area contributed by atoms with Gasteiger partial charge in [0, 0.05) is 49.0 Å². The van der Waals surface area contributed by atoms with Crippen LogP contribution in [0, 0.1) is 6.07 Å². The summed E-state index contributed by atoms with van der Waals surface area (Å²) in [5.41, 5.74) is 8.15. The average Bonchev–Trinajstić information content (AvgIpc) is 3.20. The number of H-pyrrole nitrogens is 1. The number of pyridine rings is 1. The number of ether oxygens (including phenoxy) is 2. The van der Waals surface area contributed by atoms with E-state index in [0.29, 0.717) is 28.8 Å². The van der Waals surface area contributed by atoms with Crippen molar-refractivity contribution in [2.75, 3.05) is 39.5 Å². The predicted molar refractivity (Wildman–Crippen MR) is 106 cm³/mol. The van der Waals surface area contributed by atoms with Crippen molar-refractivity contribution in [1.82, 2.24) is 14.9 Å². The Bertz CT molecular complexity index is 963. The normalized spacial score (nSPS) is 15.0. The van der Waals surface area contributed by atoms with Gasteiger partial charge < -0.3 is 20.2 Å². The molecule has 1 radical (unpaired) electrons. The molecule has 1 aromatic carbocycles. The molecule has 3 heterocycles. The van der Waals surface area contributed by atoms with Gasteiger partial charge in [0.25, 0.3) is 0 Å². The number of nitrogens with zero attached hydrogens (tertiary/aromatic N) is 2. The minimum absolute atomic E-state index is 0.413. The lowest BCUT2D eigenvalue weighted by atomic mass is 9.99. The van der Waals surface area contributed by atoms with E-state index >= 15 is 0 Å². The van der Waals surface area contributed by atoms with Gasteiger partial charge >= 0.3 is 0 Å². The largest absolute Gasteiger partial charge is 0.494 e. The van der Waals surface area contributed by atoms with E-state index in [4.69, 9.17) is 15.2 Å². The first-order valence-electron chi connectivity index (χ1n) is 9.43. The van der Waals surface area contributed by atoms with Crippen LogP contribution in [-0.2, 0) is 4.74 Å². The van der Waals surface area contributed by atoms with Crippen LogP contribution in [0.2, 0.25) is 0 Å². The fraction of sp³-hybridized carbons (Fsp3) is 0.333. The first-order valence-corrected chi connectivity index (χ1v) is 9.43. The van der Waals surface area contributed by atoms with Gasteiger partial charge in [0.2, 0.25) is 5.91 Å². The van der Waals surface area contributed by atoms with Crippen molar-refractivity contribution in [3.05, 3.63) is 48.3 Å². The Morgan fingerprint density at radius 3 is 3.04 bits per heavy atom. The van der Waals surface area contributed by atoms with Crippen molar-refractivity contribution in [2.24, 2.45) is 5.73 Å². The number of benzene rings is 1. The molecule has 7 heteroatoms. The molecular weight excluding hydrogens is 356 g/mol. The second-order valence-corrected chi connectivity index (χ2v) is 6.75. The lowest BCUT2D eigenvalue weighted by Crippen LogP contribution is -2.37. The van der Waals surface area contributed by atoms with E-state index in [1.54, 1.807) is 12.4 Å². The van der Waals surface area contributed by atoms with Crippen molar-refractivity contribution >= 4 is 16.9 Å². The van der Waals surface area contributed by atoms with E-state index in [9.17, 15) is 4.79 Å². The van der Waals surface area contributed by atoms with Gasteiger partial charge in [0.05, 0.1) is 25.4 Å². The third kappa shape index (κ3) is 4.00. The van der Waals surface area contributed by atoms with E-state index in [2.05, 4.69) is 20.9 Å². The maximum atomic E-state index is 12.1. The molecule has 0 spiro atoms. The zero-order chi connectivity index (χ0) is 19.3. The quantitative estimate of drug-likeness (QED) is 0.614. The van der Waals surface area contributed by atoms with Gasteiger partial charge in [-0.05, 0) is 24.1 Å². The minimum Gasteiger partial charge on any atom is -0.494 e. The monoisotopic (exact) mass is 379 g/mol. The molecule has 3 aromatic rings. The Morgan fingerprint density at radius 2 is 2.21 bits per heavy atom. The lowest BCUT2D eigenvalue weighted by Gasteiger charge is -2.26. The molecule has 28 heavy (non-hydrogen) atoms. The summed E-state index contributed by atoms with van der Waals surface area (Å²) in [5.74, 6) is 0.253. The van der Waals surface area contributed by atoms with Crippen molar-refractivity contribution in [3.8, 4) is 16.9 Å². The summed E-state index contributed by atoms with van der Waals surface area (Å²) in [6.07, 6.45) is 4.23. The fourth-order valence-electron chi connectivity index (χ4n) is 3.47. The van der Waals surface area contributed by atoms with Crippen molar-refractivity contribution in [2.45, 2.75) is 6.42 Å². The first kappa shape index (κ1) is 18.5. The van der Waals surface area contributed by atoms with Crippen LogP contribution in [0.15, 0.2) is 36.7 Å². The summed E-state index contributed by atoms with van der Waals surface area (Å²) in [6, 6.07) is 10.7. The molecule has 2 aromatic heterocycles. The second kappa shape index (κ2) is 8.41. The maximum absolute atomic E-state index is 12.1. The molecule has 1 aliphatic rings. The SMILES string of the molecule is NC(=O)c1c(-c2cccc(OCCCN3CCOCC3)c2)cnc2[nH]c[c]c12. The zero-order valence-electron chi connectivity index (χ0n) is 15.6. The number of morpholine rings is 1. The van der Waals surface area contributed by atoms with Gasteiger partial charge in [0.1, 0.15) is 11.4 Å². The van der Waals surface area contributed by atoms with Gasteiger partial charge in [0.15, 0.2) is 0 Å². The zero-order valence-corrected chi connectivity index (χ0v) is 15.6. The van der Waals surface area contributed by atoms with Crippen LogP contribution in [0.1, 0.15) is 16.8 Å². The van der Waals surface area contributed by atoms with Crippen molar-refractivity contribution in [1.29, 1.82) is 0 Å². The maximum Gasteiger partial charge on any atom is 0.250 e. The number of carbonyl (C=O) groups excluding carboxylic acids is 1. The van der Waals surface area contributed by atoms with E-state index in [1.807, 2.05) is 24.3 Å². The molecule has 1 amide bonds. The van der Waals surface area contributed by atoms with Crippen molar-refractivity contribution in [3.63, 3.8) is 0 Å². The van der Waals surface area contributed by atoms with Crippen LogP contribution in [0.3, 0.4) is 0 Å². The summed E-state index contributed by atoms with van der Waals surface area (Å²) in [4.78, 5) is 21.8. The number of hydrogen-bond donors (Lipinski definition) is 2. The van der Waals surface area contributed by atoms with Crippen LogP contribution >= 0.6 is 0 Å². The first-order chi connectivity index (χ1) is 13.7. The molecule has 1 aliphatic heterocycles. The Morgan fingerprint density at radius 1 is 1.36 bits per heavy atom. The van der Waals surface area contributed by atoms with E-state index in [-0.39, 0.29) is 0 Å². The van der Waals surface area contributed by atoms with E-state index < -0.39 is 5.91 Å². The van der Waals surface area contributed by atoms with Crippen LogP contribution in [0.5, 0.6) is 5.75 Å². The number of carbonyl (C=O) groups is 1. The third-order valence-corrected chi connectivity index (χ3v) is 4.89. The molecule has 3 N–H and O–H groups in total. The Kier molecular flexibility index (Phi) is 5.55. The number of nitrogens with one attached hydrogen (secondary N) is 1. The number of hydrogen-bond acceptors (Lipinski definition) is 5. The molecule has 145 valence electrons. The highest BCUT2D eigenvalue weighted by molar-refractivity contribution is 6.10. The topological polar surface area (TPSA) is 93.5 Å². The Balaban J connectivity index is 1.47. The lowest BCUT2D eigenvalue weighted by molar-refractivity contribution is 0.0358. The molecule has 0 atom stereocenters. The van der Waals surface area contributed by atoms with E-state index in [1.165, 1.54) is 0 Å². The average molecular weight is 379 g/mol. The highest BCUT2D eigenvalue weighted by atomic mass is 16.5. The number of amides is 1. The number of fused-ring (bicyclic) bond motifs is 1. The number of aromatic nitrogens is 2. The molecule has 0 bridgehead atoms. The molecule has 1 saturated heterocycles. The van der Waals surface area contributed by atoms with Gasteiger partial charge in [-0.25, -0.2) is 4.98 Å².